The number of methoxy groups -OCH3 is 2. The maximum Gasteiger partial charge on any atom is 0.249 e. The van der Waals surface area contributed by atoms with Crippen molar-refractivity contribution in [2.45, 2.75) is 13.0 Å². The molecule has 9 nitrogen and oxygen atoms in total. The number of benzene rings is 2. The molecule has 0 spiro atoms. The van der Waals surface area contributed by atoms with E-state index in [1.54, 1.807) is 19.2 Å². The minimum atomic E-state index is -3.81. The standard InChI is InChI=1S/C20H21ClN4O5S2/c1-12(25(32(4,27)28)14-7-10-17(30-3)16(21)11-14)18(26)22-20-24-23-19(31-20)13-5-8-15(29-2)9-6-13/h5-12H,1-4H3,(H,22,24,26)/t12-/m1/s1. The Kier molecular flexibility index (Phi) is 7.22. The highest BCUT2D eigenvalue weighted by molar-refractivity contribution is 7.92. The lowest BCUT2D eigenvalue weighted by molar-refractivity contribution is -0.116. The summed E-state index contributed by atoms with van der Waals surface area (Å²) >= 11 is 7.31. The number of sulfonamides is 1. The molecule has 0 aliphatic carbocycles. The summed E-state index contributed by atoms with van der Waals surface area (Å²) in [5.41, 5.74) is 1.04. The van der Waals surface area contributed by atoms with Gasteiger partial charge in [0.05, 0.1) is 31.2 Å². The van der Waals surface area contributed by atoms with E-state index in [-0.39, 0.29) is 15.8 Å². The summed E-state index contributed by atoms with van der Waals surface area (Å²) in [4.78, 5) is 12.9. The van der Waals surface area contributed by atoms with E-state index in [4.69, 9.17) is 21.1 Å². The molecule has 1 amide bonds. The van der Waals surface area contributed by atoms with Crippen molar-refractivity contribution >= 4 is 49.7 Å². The van der Waals surface area contributed by atoms with Crippen LogP contribution in [0.2, 0.25) is 5.02 Å². The van der Waals surface area contributed by atoms with Gasteiger partial charge >= 0.3 is 0 Å². The Morgan fingerprint density at radius 1 is 1.12 bits per heavy atom. The van der Waals surface area contributed by atoms with E-state index in [0.29, 0.717) is 16.5 Å². The molecule has 1 atom stereocenters. The third-order valence-corrected chi connectivity index (χ3v) is 6.90. The first-order chi connectivity index (χ1) is 15.1. The van der Waals surface area contributed by atoms with Crippen LogP contribution in [0.3, 0.4) is 0 Å². The van der Waals surface area contributed by atoms with E-state index in [9.17, 15) is 13.2 Å². The molecule has 0 aliphatic heterocycles. The highest BCUT2D eigenvalue weighted by atomic mass is 35.5. The smallest absolute Gasteiger partial charge is 0.249 e. The summed E-state index contributed by atoms with van der Waals surface area (Å²) in [5.74, 6) is 0.529. The summed E-state index contributed by atoms with van der Waals surface area (Å²) in [5, 5.41) is 11.8. The second kappa shape index (κ2) is 9.72. The van der Waals surface area contributed by atoms with Crippen LogP contribution in [0.25, 0.3) is 10.6 Å². The van der Waals surface area contributed by atoms with E-state index in [2.05, 4.69) is 15.5 Å². The van der Waals surface area contributed by atoms with Gasteiger partial charge in [0.25, 0.3) is 0 Å². The van der Waals surface area contributed by atoms with Crippen molar-refractivity contribution in [1.82, 2.24) is 10.2 Å². The topological polar surface area (TPSA) is 111 Å². The SMILES string of the molecule is COc1ccc(-c2nnc(NC(=O)[C@@H](C)N(c3ccc(OC)c(Cl)c3)S(C)(=O)=O)s2)cc1. The number of nitrogens with zero attached hydrogens (tertiary/aromatic N) is 3. The number of anilines is 2. The Hall–Kier alpha value is -2.89. The molecule has 170 valence electrons. The van der Waals surface area contributed by atoms with Crippen molar-refractivity contribution in [1.29, 1.82) is 0 Å². The zero-order valence-electron chi connectivity index (χ0n) is 17.7. The number of halogens is 1. The van der Waals surface area contributed by atoms with Gasteiger partial charge in [-0.2, -0.15) is 0 Å². The van der Waals surface area contributed by atoms with Crippen LogP contribution in [-0.4, -0.2) is 51.0 Å². The number of rotatable bonds is 8. The summed E-state index contributed by atoms with van der Waals surface area (Å²) in [6, 6.07) is 10.6. The zero-order chi connectivity index (χ0) is 23.5. The third-order valence-electron chi connectivity index (χ3n) is 4.47. The van der Waals surface area contributed by atoms with Crippen LogP contribution in [0.4, 0.5) is 10.8 Å². The summed E-state index contributed by atoms with van der Waals surface area (Å²) in [6.07, 6.45) is 1.02. The Bertz CT molecular complexity index is 1210. The average Bonchev–Trinajstić information content (AvgIpc) is 3.21. The van der Waals surface area contributed by atoms with Crippen molar-refractivity contribution in [2.24, 2.45) is 0 Å². The van der Waals surface area contributed by atoms with Gasteiger partial charge in [0.2, 0.25) is 21.1 Å². The van der Waals surface area contributed by atoms with Gasteiger partial charge in [-0.05, 0) is 49.4 Å². The van der Waals surface area contributed by atoms with E-state index in [1.807, 2.05) is 12.1 Å². The van der Waals surface area contributed by atoms with Gasteiger partial charge in [-0.15, -0.1) is 10.2 Å². The van der Waals surface area contributed by atoms with Crippen LogP contribution in [0, 0.1) is 0 Å². The molecule has 0 fully saturated rings. The van der Waals surface area contributed by atoms with Crippen LogP contribution in [-0.2, 0) is 14.8 Å². The fourth-order valence-corrected chi connectivity index (χ4v) is 5.11. The first kappa shape index (κ1) is 23.8. The van der Waals surface area contributed by atoms with Crippen LogP contribution >= 0.6 is 22.9 Å². The number of amides is 1. The van der Waals surface area contributed by atoms with Gasteiger partial charge in [0, 0.05) is 5.56 Å². The molecular formula is C20H21ClN4O5S2. The summed E-state index contributed by atoms with van der Waals surface area (Å²) < 4.78 is 36.2. The fraction of sp³-hybridized carbons (Fsp3) is 0.250. The van der Waals surface area contributed by atoms with Crippen LogP contribution in [0.1, 0.15) is 6.92 Å². The maximum atomic E-state index is 12.9. The third kappa shape index (κ3) is 5.29. The van der Waals surface area contributed by atoms with Crippen LogP contribution in [0.5, 0.6) is 11.5 Å². The molecule has 2 aromatic carbocycles. The highest BCUT2D eigenvalue weighted by Crippen LogP contribution is 2.32. The predicted molar refractivity (Wildman–Crippen MR) is 125 cm³/mol. The normalized spacial score (nSPS) is 12.2. The lowest BCUT2D eigenvalue weighted by Crippen LogP contribution is -2.45. The van der Waals surface area contributed by atoms with Crippen molar-refractivity contribution < 1.29 is 22.7 Å². The quantitative estimate of drug-likeness (QED) is 0.506. The monoisotopic (exact) mass is 496 g/mol. The van der Waals surface area contributed by atoms with Gasteiger partial charge in [0.1, 0.15) is 22.5 Å². The Morgan fingerprint density at radius 2 is 1.81 bits per heavy atom. The molecule has 1 aromatic heterocycles. The lowest BCUT2D eigenvalue weighted by atomic mass is 10.2. The number of carbonyl (C=O) groups is 1. The van der Waals surface area contributed by atoms with Gasteiger partial charge in [-0.1, -0.05) is 22.9 Å². The van der Waals surface area contributed by atoms with Gasteiger partial charge in [-0.3, -0.25) is 14.4 Å². The van der Waals surface area contributed by atoms with Crippen LogP contribution < -0.4 is 19.1 Å². The number of ether oxygens (including phenoxy) is 2. The minimum Gasteiger partial charge on any atom is -0.497 e. The molecule has 0 saturated carbocycles. The van der Waals surface area contributed by atoms with E-state index in [1.165, 1.54) is 43.6 Å². The summed E-state index contributed by atoms with van der Waals surface area (Å²) in [6.45, 7) is 1.47. The number of nitrogens with one attached hydrogen (secondary N) is 1. The molecule has 3 aromatic rings. The van der Waals surface area contributed by atoms with E-state index >= 15 is 0 Å². The molecular weight excluding hydrogens is 476 g/mol. The molecule has 0 unspecified atom stereocenters. The van der Waals surface area contributed by atoms with E-state index < -0.39 is 22.0 Å². The van der Waals surface area contributed by atoms with Crippen molar-refractivity contribution in [3.8, 4) is 22.1 Å². The number of hydrogen-bond donors (Lipinski definition) is 1. The molecule has 0 aliphatic rings. The summed E-state index contributed by atoms with van der Waals surface area (Å²) in [7, 11) is -0.777. The fourth-order valence-electron chi connectivity index (χ4n) is 2.94. The average molecular weight is 497 g/mol. The highest BCUT2D eigenvalue weighted by Gasteiger charge is 2.30. The van der Waals surface area contributed by atoms with Crippen LogP contribution in [0.15, 0.2) is 42.5 Å². The molecule has 12 heteroatoms. The van der Waals surface area contributed by atoms with Crippen molar-refractivity contribution in [3.63, 3.8) is 0 Å². The second-order valence-corrected chi connectivity index (χ2v) is 9.93. The van der Waals surface area contributed by atoms with Gasteiger partial charge in [0.15, 0.2) is 0 Å². The van der Waals surface area contributed by atoms with Crippen molar-refractivity contribution in [2.75, 3.05) is 30.1 Å². The lowest BCUT2D eigenvalue weighted by Gasteiger charge is -2.28. The van der Waals surface area contributed by atoms with E-state index in [0.717, 1.165) is 16.1 Å². The minimum absolute atomic E-state index is 0.222. The van der Waals surface area contributed by atoms with Crippen molar-refractivity contribution in [3.05, 3.63) is 47.5 Å². The first-order valence-corrected chi connectivity index (χ1v) is 12.3. The second-order valence-electron chi connectivity index (χ2n) is 6.68. The molecule has 1 heterocycles. The van der Waals surface area contributed by atoms with Gasteiger partial charge < -0.3 is 9.47 Å². The molecule has 3 rings (SSSR count). The Balaban J connectivity index is 1.81. The molecule has 0 bridgehead atoms. The largest absolute Gasteiger partial charge is 0.497 e. The zero-order valence-corrected chi connectivity index (χ0v) is 20.1. The number of hydrogen-bond acceptors (Lipinski definition) is 8. The Morgan fingerprint density at radius 3 is 2.38 bits per heavy atom. The molecule has 1 N–H and O–H groups in total. The number of aromatic nitrogens is 2. The maximum absolute atomic E-state index is 12.9. The van der Waals surface area contributed by atoms with Gasteiger partial charge in [-0.25, -0.2) is 8.42 Å². The predicted octanol–water partition coefficient (Wildman–Crippen LogP) is 3.67. The molecule has 32 heavy (non-hydrogen) atoms. The Labute approximate surface area is 195 Å². The first-order valence-electron chi connectivity index (χ1n) is 9.25. The number of carbonyl (C=O) groups excluding carboxylic acids is 1. The molecule has 0 saturated heterocycles. The molecule has 0 radical (unpaired) electrons.